The maximum absolute atomic E-state index is 11.3. The Hall–Kier alpha value is -1.85. The maximum Gasteiger partial charge on any atom is 0.340 e. The molecule has 0 heterocycles. The minimum Gasteiger partial charge on any atom is -0.464 e. The van der Waals surface area contributed by atoms with Crippen LogP contribution < -0.4 is 5.32 Å². The molecule has 1 amide bonds. The van der Waals surface area contributed by atoms with Crippen LogP contribution in [0.25, 0.3) is 0 Å². The molecule has 0 aliphatic carbocycles. The normalized spacial score (nSPS) is 9.44. The zero-order valence-electron chi connectivity index (χ0n) is 9.32. The van der Waals surface area contributed by atoms with Crippen LogP contribution in [0.3, 0.4) is 0 Å². The van der Waals surface area contributed by atoms with Gasteiger partial charge >= 0.3 is 11.9 Å². The van der Waals surface area contributed by atoms with E-state index in [1.165, 1.54) is 0 Å². The Balaban J connectivity index is 4.61. The molecule has 1 N–H and O–H groups in total. The molecule has 0 bridgehead atoms. The van der Waals surface area contributed by atoms with E-state index >= 15 is 0 Å². The van der Waals surface area contributed by atoms with Gasteiger partial charge in [-0.3, -0.25) is 4.79 Å². The van der Waals surface area contributed by atoms with E-state index in [-0.39, 0.29) is 13.2 Å². The summed E-state index contributed by atoms with van der Waals surface area (Å²) in [6, 6.07) is -1.44. The van der Waals surface area contributed by atoms with Gasteiger partial charge in [-0.25, -0.2) is 9.59 Å². The van der Waals surface area contributed by atoms with Crippen molar-refractivity contribution < 1.29 is 23.9 Å². The summed E-state index contributed by atoms with van der Waals surface area (Å²) in [4.78, 5) is 33.7. The lowest BCUT2D eigenvalue weighted by molar-refractivity contribution is -0.159. The van der Waals surface area contributed by atoms with Gasteiger partial charge in [-0.15, -0.1) is 0 Å². The lowest BCUT2D eigenvalue weighted by Crippen LogP contribution is -2.47. The van der Waals surface area contributed by atoms with E-state index in [0.29, 0.717) is 0 Å². The first-order valence-corrected chi connectivity index (χ1v) is 4.83. The second-order valence-corrected chi connectivity index (χ2v) is 2.65. The van der Waals surface area contributed by atoms with E-state index < -0.39 is 23.9 Å². The van der Waals surface area contributed by atoms with E-state index in [1.807, 2.05) is 0 Å². The van der Waals surface area contributed by atoms with Crippen molar-refractivity contribution in [3.05, 3.63) is 12.7 Å². The van der Waals surface area contributed by atoms with Gasteiger partial charge in [0.15, 0.2) is 0 Å². The van der Waals surface area contributed by atoms with Crippen molar-refractivity contribution in [2.75, 3.05) is 13.2 Å². The summed E-state index contributed by atoms with van der Waals surface area (Å²) < 4.78 is 9.26. The van der Waals surface area contributed by atoms with E-state index in [4.69, 9.17) is 0 Å². The first-order chi connectivity index (χ1) is 7.56. The van der Waals surface area contributed by atoms with Crippen molar-refractivity contribution in [3.63, 3.8) is 0 Å². The molecule has 0 aromatic carbocycles. The van der Waals surface area contributed by atoms with Crippen molar-refractivity contribution in [2.24, 2.45) is 0 Å². The SMILES string of the molecule is C=CC(=O)NC(C(=O)OCC)C(=O)OCC. The van der Waals surface area contributed by atoms with Crippen LogP contribution in [0.15, 0.2) is 12.7 Å². The first kappa shape index (κ1) is 14.2. The van der Waals surface area contributed by atoms with Crippen molar-refractivity contribution in [2.45, 2.75) is 19.9 Å². The average molecular weight is 229 g/mol. The van der Waals surface area contributed by atoms with Crippen LogP contribution in [0.5, 0.6) is 0 Å². The fourth-order valence-electron chi connectivity index (χ4n) is 0.866. The minimum atomic E-state index is -1.44. The Morgan fingerprint density at radius 3 is 1.94 bits per heavy atom. The van der Waals surface area contributed by atoms with Gasteiger partial charge in [0.1, 0.15) is 0 Å². The highest BCUT2D eigenvalue weighted by Crippen LogP contribution is 1.94. The predicted octanol–water partition coefficient (Wildman–Crippen LogP) is -0.217. The molecule has 0 radical (unpaired) electrons. The average Bonchev–Trinajstić information content (AvgIpc) is 2.25. The molecular formula is C10H15NO5. The Kier molecular flexibility index (Phi) is 6.58. The molecule has 0 aromatic heterocycles. The highest BCUT2D eigenvalue weighted by Gasteiger charge is 2.30. The van der Waals surface area contributed by atoms with Crippen LogP contribution in [-0.2, 0) is 23.9 Å². The number of carbonyl (C=O) groups excluding carboxylic acids is 3. The van der Waals surface area contributed by atoms with Crippen molar-refractivity contribution in [1.29, 1.82) is 0 Å². The smallest absolute Gasteiger partial charge is 0.340 e. The molecule has 0 aromatic rings. The highest BCUT2D eigenvalue weighted by molar-refractivity contribution is 6.03. The quantitative estimate of drug-likeness (QED) is 0.387. The summed E-state index contributed by atoms with van der Waals surface area (Å²) in [6.07, 6.45) is 0.950. The van der Waals surface area contributed by atoms with Gasteiger partial charge in [0.2, 0.25) is 11.9 Å². The van der Waals surface area contributed by atoms with Crippen LogP contribution in [0.1, 0.15) is 13.8 Å². The second-order valence-electron chi connectivity index (χ2n) is 2.65. The molecule has 0 aliphatic rings. The van der Waals surface area contributed by atoms with Gasteiger partial charge in [0.25, 0.3) is 0 Å². The molecule has 0 saturated heterocycles. The molecule has 6 nitrogen and oxygen atoms in total. The number of amides is 1. The van der Waals surface area contributed by atoms with Crippen molar-refractivity contribution >= 4 is 17.8 Å². The number of rotatable bonds is 6. The van der Waals surface area contributed by atoms with Crippen LogP contribution in [-0.4, -0.2) is 37.1 Å². The van der Waals surface area contributed by atoms with E-state index in [9.17, 15) is 14.4 Å². The summed E-state index contributed by atoms with van der Waals surface area (Å²) in [5.74, 6) is -2.35. The van der Waals surface area contributed by atoms with E-state index in [0.717, 1.165) is 6.08 Å². The fraction of sp³-hybridized carbons (Fsp3) is 0.500. The summed E-state index contributed by atoms with van der Waals surface area (Å²) in [7, 11) is 0. The van der Waals surface area contributed by atoms with Gasteiger partial charge in [-0.05, 0) is 19.9 Å². The van der Waals surface area contributed by atoms with Gasteiger partial charge in [-0.1, -0.05) is 6.58 Å². The summed E-state index contributed by atoms with van der Waals surface area (Å²) in [6.45, 7) is 6.61. The Labute approximate surface area is 93.6 Å². The molecule has 0 spiro atoms. The zero-order valence-corrected chi connectivity index (χ0v) is 9.32. The zero-order chi connectivity index (χ0) is 12.6. The minimum absolute atomic E-state index is 0.110. The number of nitrogens with one attached hydrogen (secondary N) is 1. The Morgan fingerprint density at radius 1 is 1.19 bits per heavy atom. The third-order valence-corrected chi connectivity index (χ3v) is 1.52. The summed E-state index contributed by atoms with van der Waals surface area (Å²) in [5, 5.41) is 2.13. The first-order valence-electron chi connectivity index (χ1n) is 4.83. The fourth-order valence-corrected chi connectivity index (χ4v) is 0.866. The Morgan fingerprint density at radius 2 is 1.62 bits per heavy atom. The van der Waals surface area contributed by atoms with Crippen LogP contribution in [0.4, 0.5) is 0 Å². The van der Waals surface area contributed by atoms with Gasteiger partial charge in [-0.2, -0.15) is 0 Å². The second kappa shape index (κ2) is 7.44. The highest BCUT2D eigenvalue weighted by atomic mass is 16.6. The lowest BCUT2D eigenvalue weighted by atomic mass is 10.3. The van der Waals surface area contributed by atoms with Crippen molar-refractivity contribution in [3.8, 4) is 0 Å². The molecule has 16 heavy (non-hydrogen) atoms. The molecular weight excluding hydrogens is 214 g/mol. The topological polar surface area (TPSA) is 81.7 Å². The lowest BCUT2D eigenvalue weighted by Gasteiger charge is -2.14. The number of hydrogen-bond donors (Lipinski definition) is 1. The van der Waals surface area contributed by atoms with E-state index in [2.05, 4.69) is 21.4 Å². The summed E-state index contributed by atoms with van der Waals surface area (Å²) >= 11 is 0. The third kappa shape index (κ3) is 4.59. The molecule has 6 heteroatoms. The van der Waals surface area contributed by atoms with Gasteiger partial charge in [0.05, 0.1) is 13.2 Å². The largest absolute Gasteiger partial charge is 0.464 e. The van der Waals surface area contributed by atoms with Gasteiger partial charge in [0, 0.05) is 0 Å². The standard InChI is InChI=1S/C10H15NO5/c1-4-7(12)11-8(9(13)15-5-2)10(14)16-6-3/h4,8H,1,5-6H2,2-3H3,(H,11,12). The molecule has 0 aliphatic heterocycles. The third-order valence-electron chi connectivity index (χ3n) is 1.52. The molecule has 0 rings (SSSR count). The van der Waals surface area contributed by atoms with Gasteiger partial charge < -0.3 is 14.8 Å². The summed E-state index contributed by atoms with van der Waals surface area (Å²) in [5.41, 5.74) is 0. The molecule has 0 saturated carbocycles. The number of carbonyl (C=O) groups is 3. The predicted molar refractivity (Wildman–Crippen MR) is 55.4 cm³/mol. The molecule has 90 valence electrons. The molecule has 0 fully saturated rings. The van der Waals surface area contributed by atoms with Crippen molar-refractivity contribution in [1.82, 2.24) is 5.32 Å². The maximum atomic E-state index is 11.3. The Bertz CT molecular complexity index is 269. The van der Waals surface area contributed by atoms with Crippen LogP contribution in [0.2, 0.25) is 0 Å². The monoisotopic (exact) mass is 229 g/mol. The van der Waals surface area contributed by atoms with Crippen LogP contribution >= 0.6 is 0 Å². The van der Waals surface area contributed by atoms with Crippen LogP contribution in [0, 0.1) is 0 Å². The molecule has 0 unspecified atom stereocenters. The van der Waals surface area contributed by atoms with E-state index in [1.54, 1.807) is 13.8 Å². The number of ether oxygens (including phenoxy) is 2. The molecule has 0 atom stereocenters. The number of esters is 2. The number of hydrogen-bond acceptors (Lipinski definition) is 5.